The van der Waals surface area contributed by atoms with Crippen LogP contribution in [0.1, 0.15) is 10.4 Å². The molecule has 0 saturated carbocycles. The summed E-state index contributed by atoms with van der Waals surface area (Å²) >= 11 is 0. The molecule has 0 radical (unpaired) electrons. The van der Waals surface area contributed by atoms with Crippen LogP contribution in [0, 0.1) is 0 Å². The van der Waals surface area contributed by atoms with E-state index in [0.29, 0.717) is 11.3 Å². The molecule has 0 aliphatic carbocycles. The van der Waals surface area contributed by atoms with Crippen molar-refractivity contribution in [2.24, 2.45) is 5.16 Å². The second-order valence-electron chi connectivity index (χ2n) is 2.57. The summed E-state index contributed by atoms with van der Waals surface area (Å²) in [5.41, 5.74) is 0.538. The zero-order valence-electron chi connectivity index (χ0n) is 6.81. The minimum atomic E-state index is -0.0678. The van der Waals surface area contributed by atoms with Gasteiger partial charge in [0.15, 0.2) is 11.5 Å². The smallest absolute Gasteiger partial charge is 0.189 e. The zero-order valence-corrected chi connectivity index (χ0v) is 6.81. The van der Waals surface area contributed by atoms with Gasteiger partial charge in [0.2, 0.25) is 0 Å². The summed E-state index contributed by atoms with van der Waals surface area (Å²) in [6.07, 6.45) is 4.46. The summed E-state index contributed by atoms with van der Waals surface area (Å²) in [5.74, 6) is 0.426. The number of carbonyl (C=O) groups excluding carboxylic acids is 1. The first-order valence-electron chi connectivity index (χ1n) is 3.88. The molecule has 0 amide bonds. The molecule has 1 aromatic carbocycles. The lowest BCUT2D eigenvalue weighted by Crippen LogP contribution is -2.00. The molecular weight excluding hydrogens is 166 g/mol. The van der Waals surface area contributed by atoms with Crippen molar-refractivity contribution < 1.29 is 9.63 Å². The number of ketones is 1. The number of fused-ring (bicyclic) bond motifs is 1. The van der Waals surface area contributed by atoms with Gasteiger partial charge in [-0.3, -0.25) is 4.79 Å². The van der Waals surface area contributed by atoms with Crippen LogP contribution in [0.3, 0.4) is 0 Å². The van der Waals surface area contributed by atoms with Gasteiger partial charge in [-0.25, -0.2) is 0 Å². The molecule has 0 atom stereocenters. The Kier molecular flexibility index (Phi) is 1.92. The Labute approximate surface area is 75.3 Å². The molecule has 2 rings (SSSR count). The fraction of sp³-hybridized carbons (Fsp3) is 0. The monoisotopic (exact) mass is 173 g/mol. The molecule has 64 valence electrons. The Balaban J connectivity index is 2.54. The highest BCUT2D eigenvalue weighted by Gasteiger charge is 2.09. The molecule has 3 heteroatoms. The summed E-state index contributed by atoms with van der Waals surface area (Å²) in [5, 5.41) is 3.64. The van der Waals surface area contributed by atoms with Crippen molar-refractivity contribution in [3.8, 4) is 5.75 Å². The summed E-state index contributed by atoms with van der Waals surface area (Å²) in [4.78, 5) is 16.4. The number of carbonyl (C=O) groups is 1. The average molecular weight is 173 g/mol. The number of rotatable bonds is 0. The predicted molar refractivity (Wildman–Crippen MR) is 49.0 cm³/mol. The third-order valence-corrected chi connectivity index (χ3v) is 1.70. The highest BCUT2D eigenvalue weighted by Crippen LogP contribution is 2.19. The maximum Gasteiger partial charge on any atom is 0.189 e. The van der Waals surface area contributed by atoms with Gasteiger partial charge in [0.25, 0.3) is 0 Å². The number of hydrogen-bond donors (Lipinski definition) is 0. The van der Waals surface area contributed by atoms with Crippen LogP contribution in [0.25, 0.3) is 0 Å². The fourth-order valence-electron chi connectivity index (χ4n) is 1.09. The highest BCUT2D eigenvalue weighted by molar-refractivity contribution is 6.08. The molecule has 0 spiro atoms. The molecule has 0 saturated heterocycles. The van der Waals surface area contributed by atoms with E-state index in [4.69, 9.17) is 4.84 Å². The number of hydrogen-bond acceptors (Lipinski definition) is 3. The van der Waals surface area contributed by atoms with Gasteiger partial charge in [-0.2, -0.15) is 0 Å². The quantitative estimate of drug-likeness (QED) is 0.600. The zero-order chi connectivity index (χ0) is 9.10. The maximum atomic E-state index is 11.4. The molecule has 3 nitrogen and oxygen atoms in total. The second kappa shape index (κ2) is 3.23. The van der Waals surface area contributed by atoms with E-state index < -0.39 is 0 Å². The van der Waals surface area contributed by atoms with Gasteiger partial charge in [-0.1, -0.05) is 17.3 Å². The van der Waals surface area contributed by atoms with Crippen molar-refractivity contribution in [1.29, 1.82) is 0 Å². The van der Waals surface area contributed by atoms with Crippen molar-refractivity contribution in [3.63, 3.8) is 0 Å². The summed E-state index contributed by atoms with van der Waals surface area (Å²) in [7, 11) is 0. The molecular formula is C10H7NO2. The van der Waals surface area contributed by atoms with Crippen LogP contribution >= 0.6 is 0 Å². The van der Waals surface area contributed by atoms with Crippen LogP contribution in [0.4, 0.5) is 0 Å². The maximum absolute atomic E-state index is 11.4. The minimum absolute atomic E-state index is 0.0678. The van der Waals surface area contributed by atoms with Crippen molar-refractivity contribution in [2.75, 3.05) is 0 Å². The Morgan fingerprint density at radius 1 is 1.23 bits per heavy atom. The Morgan fingerprint density at radius 3 is 3.00 bits per heavy atom. The Morgan fingerprint density at radius 2 is 2.08 bits per heavy atom. The van der Waals surface area contributed by atoms with Gasteiger partial charge in [0, 0.05) is 0 Å². The molecule has 0 aromatic heterocycles. The Hall–Kier alpha value is -1.90. The third-order valence-electron chi connectivity index (χ3n) is 1.70. The van der Waals surface area contributed by atoms with Gasteiger partial charge in [0.1, 0.15) is 0 Å². The minimum Gasteiger partial charge on any atom is -0.356 e. The van der Waals surface area contributed by atoms with Crippen molar-refractivity contribution in [1.82, 2.24) is 0 Å². The predicted octanol–water partition coefficient (Wildman–Crippen LogP) is 1.80. The van der Waals surface area contributed by atoms with Gasteiger partial charge in [-0.05, 0) is 24.3 Å². The SMILES string of the molecule is O=C1C=CC=NOc2ccccc21. The first kappa shape index (κ1) is 7.73. The highest BCUT2D eigenvalue weighted by atomic mass is 16.6. The molecule has 1 aliphatic heterocycles. The fourth-order valence-corrected chi connectivity index (χ4v) is 1.09. The van der Waals surface area contributed by atoms with Crippen molar-refractivity contribution in [3.05, 3.63) is 42.0 Å². The number of oxime groups is 1. The number of nitrogens with zero attached hydrogens (tertiary/aromatic N) is 1. The van der Waals surface area contributed by atoms with E-state index in [0.717, 1.165) is 0 Å². The van der Waals surface area contributed by atoms with Crippen molar-refractivity contribution >= 4 is 12.0 Å². The number of allylic oxidation sites excluding steroid dienone is 2. The van der Waals surface area contributed by atoms with Gasteiger partial charge in [-0.15, -0.1) is 0 Å². The van der Waals surface area contributed by atoms with Gasteiger partial charge < -0.3 is 4.84 Å². The van der Waals surface area contributed by atoms with Crippen LogP contribution in [0.15, 0.2) is 41.6 Å². The van der Waals surface area contributed by atoms with Gasteiger partial charge in [0.05, 0.1) is 11.8 Å². The molecule has 0 unspecified atom stereocenters. The van der Waals surface area contributed by atoms with E-state index in [1.165, 1.54) is 12.3 Å². The van der Waals surface area contributed by atoms with Crippen LogP contribution < -0.4 is 4.84 Å². The van der Waals surface area contributed by atoms with E-state index in [9.17, 15) is 4.79 Å². The molecule has 0 bridgehead atoms. The first-order valence-corrected chi connectivity index (χ1v) is 3.88. The lowest BCUT2D eigenvalue weighted by molar-refractivity contribution is 0.104. The van der Waals surface area contributed by atoms with E-state index in [1.807, 2.05) is 0 Å². The summed E-state index contributed by atoms with van der Waals surface area (Å²) < 4.78 is 0. The molecule has 1 heterocycles. The normalized spacial score (nSPS) is 14.3. The van der Waals surface area contributed by atoms with E-state index in [2.05, 4.69) is 5.16 Å². The molecule has 0 fully saturated rings. The molecule has 0 N–H and O–H groups in total. The van der Waals surface area contributed by atoms with E-state index in [1.54, 1.807) is 30.3 Å². The van der Waals surface area contributed by atoms with Crippen LogP contribution in [-0.4, -0.2) is 12.0 Å². The number of benzene rings is 1. The third kappa shape index (κ3) is 1.49. The van der Waals surface area contributed by atoms with E-state index in [-0.39, 0.29) is 5.78 Å². The second-order valence-corrected chi connectivity index (χ2v) is 2.57. The average Bonchev–Trinajstić information content (AvgIpc) is 2.14. The standard InChI is InChI=1S/C10H7NO2/c12-9-5-3-7-11-13-10-6-2-1-4-8(9)10/h1-7H. The van der Waals surface area contributed by atoms with Crippen LogP contribution in [0.5, 0.6) is 5.75 Å². The van der Waals surface area contributed by atoms with Crippen LogP contribution in [0.2, 0.25) is 0 Å². The van der Waals surface area contributed by atoms with Crippen molar-refractivity contribution in [2.45, 2.75) is 0 Å². The lowest BCUT2D eigenvalue weighted by Gasteiger charge is -2.04. The summed E-state index contributed by atoms with van der Waals surface area (Å²) in [6, 6.07) is 7.01. The Bertz CT molecular complexity index is 394. The summed E-state index contributed by atoms with van der Waals surface area (Å²) in [6.45, 7) is 0. The number of para-hydroxylation sites is 1. The molecule has 1 aromatic rings. The van der Waals surface area contributed by atoms with Crippen LogP contribution in [-0.2, 0) is 0 Å². The van der Waals surface area contributed by atoms with E-state index >= 15 is 0 Å². The molecule has 1 aliphatic rings. The van der Waals surface area contributed by atoms with Gasteiger partial charge >= 0.3 is 0 Å². The topological polar surface area (TPSA) is 38.7 Å². The largest absolute Gasteiger partial charge is 0.356 e. The molecule has 13 heavy (non-hydrogen) atoms. The first-order chi connectivity index (χ1) is 6.38. The lowest BCUT2D eigenvalue weighted by atomic mass is 10.1.